The van der Waals surface area contributed by atoms with Crippen LogP contribution in [0.25, 0.3) is 0 Å². The van der Waals surface area contributed by atoms with E-state index in [-0.39, 0.29) is 11.4 Å². The predicted octanol–water partition coefficient (Wildman–Crippen LogP) is 2.89. The minimum atomic E-state index is -0.923. The maximum absolute atomic E-state index is 12.4. The van der Waals surface area contributed by atoms with E-state index in [1.54, 1.807) is 31.2 Å². The molecule has 1 N–H and O–H groups in total. The standard InChI is InChI=1S/C17H17N3O4/c1-3-19(13-8-6-7-12(2)11-13)17(22)16(21)18-14-9-4-5-10-15(14)20(23)24/h4-11H,3H2,1-2H3,(H,18,21). The number of aryl methyl sites for hydroxylation is 1. The number of hydrogen-bond donors (Lipinski definition) is 1. The Labute approximate surface area is 139 Å². The molecule has 2 aromatic carbocycles. The van der Waals surface area contributed by atoms with Crippen LogP contribution in [-0.4, -0.2) is 23.3 Å². The topological polar surface area (TPSA) is 92.6 Å². The predicted molar refractivity (Wildman–Crippen MR) is 90.9 cm³/mol. The second-order valence-electron chi connectivity index (χ2n) is 5.12. The van der Waals surface area contributed by atoms with Gasteiger partial charge in [-0.25, -0.2) is 0 Å². The summed E-state index contributed by atoms with van der Waals surface area (Å²) in [5, 5.41) is 13.3. The van der Waals surface area contributed by atoms with Crippen molar-refractivity contribution < 1.29 is 14.5 Å². The Balaban J connectivity index is 2.23. The van der Waals surface area contributed by atoms with E-state index >= 15 is 0 Å². The largest absolute Gasteiger partial charge is 0.316 e. The van der Waals surface area contributed by atoms with Gasteiger partial charge in [-0.05, 0) is 37.6 Å². The average molecular weight is 327 g/mol. The summed E-state index contributed by atoms with van der Waals surface area (Å²) in [6, 6.07) is 12.9. The first-order chi connectivity index (χ1) is 11.4. The van der Waals surface area contributed by atoms with Gasteiger partial charge in [0.25, 0.3) is 5.69 Å². The van der Waals surface area contributed by atoms with E-state index in [0.29, 0.717) is 12.2 Å². The first-order valence-electron chi connectivity index (χ1n) is 7.37. The molecule has 0 saturated carbocycles. The molecule has 2 rings (SSSR count). The van der Waals surface area contributed by atoms with Gasteiger partial charge in [0, 0.05) is 18.3 Å². The monoisotopic (exact) mass is 327 g/mol. The van der Waals surface area contributed by atoms with Crippen molar-refractivity contribution in [3.05, 3.63) is 64.2 Å². The van der Waals surface area contributed by atoms with Crippen LogP contribution < -0.4 is 10.2 Å². The molecule has 0 spiro atoms. The lowest BCUT2D eigenvalue weighted by Gasteiger charge is -2.20. The number of nitrogens with zero attached hydrogens (tertiary/aromatic N) is 2. The van der Waals surface area contributed by atoms with Crippen LogP contribution in [0, 0.1) is 17.0 Å². The van der Waals surface area contributed by atoms with E-state index in [4.69, 9.17) is 0 Å². The Morgan fingerprint density at radius 1 is 1.17 bits per heavy atom. The van der Waals surface area contributed by atoms with Gasteiger partial charge < -0.3 is 10.2 Å². The molecule has 0 unspecified atom stereocenters. The third-order valence-corrected chi connectivity index (χ3v) is 3.42. The highest BCUT2D eigenvalue weighted by Gasteiger charge is 2.24. The van der Waals surface area contributed by atoms with Crippen LogP contribution in [0.2, 0.25) is 0 Å². The fourth-order valence-electron chi connectivity index (χ4n) is 2.28. The molecule has 0 fully saturated rings. The van der Waals surface area contributed by atoms with Gasteiger partial charge in [-0.3, -0.25) is 19.7 Å². The summed E-state index contributed by atoms with van der Waals surface area (Å²) in [7, 11) is 0. The normalized spacial score (nSPS) is 10.1. The minimum absolute atomic E-state index is 0.0128. The number of carbonyl (C=O) groups is 2. The number of anilines is 2. The van der Waals surface area contributed by atoms with E-state index in [0.717, 1.165) is 5.56 Å². The second kappa shape index (κ2) is 7.36. The number of benzene rings is 2. The SMILES string of the molecule is CCN(C(=O)C(=O)Nc1ccccc1[N+](=O)[O-])c1cccc(C)c1. The average Bonchev–Trinajstić information content (AvgIpc) is 2.55. The molecule has 0 aliphatic heterocycles. The summed E-state index contributed by atoms with van der Waals surface area (Å²) in [5.41, 5.74) is 1.27. The number of carbonyl (C=O) groups excluding carboxylic acids is 2. The minimum Gasteiger partial charge on any atom is -0.312 e. The molecule has 0 aromatic heterocycles. The molecular formula is C17H17N3O4. The van der Waals surface area contributed by atoms with E-state index in [1.807, 2.05) is 13.0 Å². The van der Waals surface area contributed by atoms with Gasteiger partial charge in [0.05, 0.1) is 4.92 Å². The van der Waals surface area contributed by atoms with Gasteiger partial charge in [0.15, 0.2) is 0 Å². The van der Waals surface area contributed by atoms with Crippen molar-refractivity contribution >= 4 is 28.9 Å². The summed E-state index contributed by atoms with van der Waals surface area (Å²) in [6.45, 7) is 3.93. The van der Waals surface area contributed by atoms with Crippen molar-refractivity contribution in [2.45, 2.75) is 13.8 Å². The van der Waals surface area contributed by atoms with Gasteiger partial charge in [0.1, 0.15) is 5.69 Å². The third kappa shape index (κ3) is 3.75. The fraction of sp³-hybridized carbons (Fsp3) is 0.176. The number of nitrogens with one attached hydrogen (secondary N) is 1. The van der Waals surface area contributed by atoms with Crippen molar-refractivity contribution in [3.63, 3.8) is 0 Å². The molecular weight excluding hydrogens is 310 g/mol. The number of likely N-dealkylation sites (N-methyl/N-ethyl adjacent to an activating group) is 1. The molecule has 0 radical (unpaired) electrons. The maximum atomic E-state index is 12.4. The van der Waals surface area contributed by atoms with Gasteiger partial charge in [-0.15, -0.1) is 0 Å². The van der Waals surface area contributed by atoms with Crippen LogP contribution in [0.15, 0.2) is 48.5 Å². The van der Waals surface area contributed by atoms with Crippen LogP contribution in [0.3, 0.4) is 0 Å². The van der Waals surface area contributed by atoms with Crippen molar-refractivity contribution in [1.29, 1.82) is 0 Å². The molecule has 24 heavy (non-hydrogen) atoms. The van der Waals surface area contributed by atoms with Crippen molar-refractivity contribution in [2.75, 3.05) is 16.8 Å². The molecule has 0 atom stereocenters. The summed E-state index contributed by atoms with van der Waals surface area (Å²) in [4.78, 5) is 36.3. The number of hydrogen-bond acceptors (Lipinski definition) is 4. The Hall–Kier alpha value is -3.22. The van der Waals surface area contributed by atoms with Crippen molar-refractivity contribution in [3.8, 4) is 0 Å². The lowest BCUT2D eigenvalue weighted by atomic mass is 10.2. The quantitative estimate of drug-likeness (QED) is 0.531. The van der Waals surface area contributed by atoms with E-state index < -0.39 is 16.7 Å². The van der Waals surface area contributed by atoms with Gasteiger partial charge in [-0.2, -0.15) is 0 Å². The molecule has 2 aromatic rings. The van der Waals surface area contributed by atoms with Crippen LogP contribution in [-0.2, 0) is 9.59 Å². The Bertz CT molecular complexity index is 789. The first kappa shape index (κ1) is 17.1. The van der Waals surface area contributed by atoms with Crippen molar-refractivity contribution in [1.82, 2.24) is 0 Å². The van der Waals surface area contributed by atoms with Gasteiger partial charge in [-0.1, -0.05) is 24.3 Å². The highest BCUT2D eigenvalue weighted by molar-refractivity contribution is 6.44. The first-order valence-corrected chi connectivity index (χ1v) is 7.37. The summed E-state index contributed by atoms with van der Waals surface area (Å²) in [6.07, 6.45) is 0. The fourth-order valence-corrected chi connectivity index (χ4v) is 2.28. The number of nitro groups is 1. The third-order valence-electron chi connectivity index (χ3n) is 3.42. The maximum Gasteiger partial charge on any atom is 0.316 e. The highest BCUT2D eigenvalue weighted by Crippen LogP contribution is 2.23. The number of para-hydroxylation sites is 2. The number of rotatable bonds is 4. The molecule has 2 amide bonds. The van der Waals surface area contributed by atoms with E-state index in [9.17, 15) is 19.7 Å². The van der Waals surface area contributed by atoms with Crippen LogP contribution >= 0.6 is 0 Å². The molecule has 0 heterocycles. The Morgan fingerprint density at radius 3 is 2.50 bits per heavy atom. The zero-order valence-corrected chi connectivity index (χ0v) is 13.4. The number of nitro benzene ring substituents is 1. The lowest BCUT2D eigenvalue weighted by molar-refractivity contribution is -0.383. The van der Waals surface area contributed by atoms with E-state index in [2.05, 4.69) is 5.32 Å². The summed E-state index contributed by atoms with van der Waals surface area (Å²) < 4.78 is 0. The van der Waals surface area contributed by atoms with Crippen LogP contribution in [0.5, 0.6) is 0 Å². The second-order valence-corrected chi connectivity index (χ2v) is 5.12. The van der Waals surface area contributed by atoms with Crippen molar-refractivity contribution in [2.24, 2.45) is 0 Å². The molecule has 0 aliphatic rings. The number of amides is 2. The zero-order valence-electron chi connectivity index (χ0n) is 13.4. The van der Waals surface area contributed by atoms with Crippen LogP contribution in [0.1, 0.15) is 12.5 Å². The van der Waals surface area contributed by atoms with E-state index in [1.165, 1.54) is 23.1 Å². The molecule has 0 aliphatic carbocycles. The zero-order chi connectivity index (χ0) is 17.7. The molecule has 0 bridgehead atoms. The molecule has 7 heteroatoms. The van der Waals surface area contributed by atoms with Gasteiger partial charge >= 0.3 is 11.8 Å². The molecule has 124 valence electrons. The smallest absolute Gasteiger partial charge is 0.312 e. The Kier molecular flexibility index (Phi) is 5.26. The molecule has 7 nitrogen and oxygen atoms in total. The highest BCUT2D eigenvalue weighted by atomic mass is 16.6. The lowest BCUT2D eigenvalue weighted by Crippen LogP contribution is -2.39. The summed E-state index contributed by atoms with van der Waals surface area (Å²) >= 11 is 0. The molecule has 0 saturated heterocycles. The van der Waals surface area contributed by atoms with Gasteiger partial charge in [0.2, 0.25) is 0 Å². The summed E-state index contributed by atoms with van der Waals surface area (Å²) in [5.74, 6) is -1.70. The Morgan fingerprint density at radius 2 is 1.88 bits per heavy atom. The van der Waals surface area contributed by atoms with Crippen LogP contribution in [0.4, 0.5) is 17.1 Å².